The lowest BCUT2D eigenvalue weighted by Crippen LogP contribution is -2.43. The molecule has 0 aromatic heterocycles. The summed E-state index contributed by atoms with van der Waals surface area (Å²) in [6, 6.07) is 10.6. The molecule has 0 saturated carbocycles. The van der Waals surface area contributed by atoms with Crippen LogP contribution < -0.4 is 14.8 Å². The average molecular weight is 540 g/mol. The van der Waals surface area contributed by atoms with Crippen molar-refractivity contribution in [2.24, 2.45) is 0 Å². The maximum absolute atomic E-state index is 12.9. The number of amides is 4. The molecule has 200 valence electrons. The molecule has 2 aliphatic heterocycles. The van der Waals surface area contributed by atoms with E-state index < -0.39 is 17.1 Å². The van der Waals surface area contributed by atoms with Gasteiger partial charge in [0.2, 0.25) is 5.91 Å². The highest BCUT2D eigenvalue weighted by atomic mass is 32.2. The minimum atomic E-state index is -0.550. The van der Waals surface area contributed by atoms with Crippen molar-refractivity contribution in [1.82, 2.24) is 9.80 Å². The third-order valence-electron chi connectivity index (χ3n) is 5.88. The Morgan fingerprint density at radius 2 is 1.76 bits per heavy atom. The highest BCUT2D eigenvalue weighted by Gasteiger charge is 2.36. The van der Waals surface area contributed by atoms with Crippen LogP contribution >= 0.6 is 11.8 Å². The number of nitrogens with one attached hydrogen (secondary N) is 1. The van der Waals surface area contributed by atoms with Gasteiger partial charge in [-0.25, -0.2) is 0 Å². The van der Waals surface area contributed by atoms with Crippen molar-refractivity contribution >= 4 is 46.5 Å². The largest absolute Gasteiger partial charge is 0.493 e. The Balaban J connectivity index is 1.39. The number of rotatable bonds is 8. The number of thioether (sulfide) groups is 1. The highest BCUT2D eigenvalue weighted by Crippen LogP contribution is 2.34. The van der Waals surface area contributed by atoms with Gasteiger partial charge in [0, 0.05) is 18.8 Å². The van der Waals surface area contributed by atoms with Crippen molar-refractivity contribution < 1.29 is 33.4 Å². The second kappa shape index (κ2) is 12.1. The van der Waals surface area contributed by atoms with E-state index in [2.05, 4.69) is 5.32 Å². The zero-order valence-electron chi connectivity index (χ0n) is 21.4. The maximum atomic E-state index is 12.9. The molecule has 2 aromatic rings. The quantitative estimate of drug-likeness (QED) is 0.509. The molecule has 4 amide bonds. The molecule has 2 saturated heterocycles. The Kier molecular flexibility index (Phi) is 8.70. The molecule has 0 aliphatic carbocycles. The van der Waals surface area contributed by atoms with E-state index in [1.165, 1.54) is 7.11 Å². The Morgan fingerprint density at radius 1 is 1.05 bits per heavy atom. The summed E-state index contributed by atoms with van der Waals surface area (Å²) in [5, 5.41) is 2.22. The predicted octanol–water partition coefficient (Wildman–Crippen LogP) is 3.22. The lowest BCUT2D eigenvalue weighted by Gasteiger charge is -2.26. The van der Waals surface area contributed by atoms with Crippen molar-refractivity contribution in [2.45, 2.75) is 13.8 Å². The topological polar surface area (TPSA) is 114 Å². The standard InChI is InChI=1S/C27H29N3O7S/c1-17-10-18(2)12-20(11-17)28-24(31)15-30-26(33)23(38-27(30)34)14-19-4-5-21(22(13-19)35-3)37-16-25(32)29-6-8-36-9-7-29/h4-5,10-14H,6-9,15-16H2,1-3H3,(H,28,31)/b23-14-. The van der Waals surface area contributed by atoms with Gasteiger partial charge in [0.1, 0.15) is 6.54 Å². The van der Waals surface area contributed by atoms with E-state index in [-0.39, 0.29) is 24.0 Å². The summed E-state index contributed by atoms with van der Waals surface area (Å²) in [5.41, 5.74) is 3.19. The maximum Gasteiger partial charge on any atom is 0.294 e. The molecule has 2 heterocycles. The van der Waals surface area contributed by atoms with Crippen molar-refractivity contribution in [3.63, 3.8) is 0 Å². The molecule has 38 heavy (non-hydrogen) atoms. The SMILES string of the molecule is COc1cc(/C=C2\SC(=O)N(CC(=O)Nc3cc(C)cc(C)c3)C2=O)ccc1OCC(=O)N1CCOCC1. The van der Waals surface area contributed by atoms with Crippen LogP contribution in [0.5, 0.6) is 11.5 Å². The number of anilines is 1. The summed E-state index contributed by atoms with van der Waals surface area (Å²) in [5.74, 6) is -0.406. The van der Waals surface area contributed by atoms with Gasteiger partial charge in [-0.3, -0.25) is 24.1 Å². The Labute approximate surface area is 224 Å². The van der Waals surface area contributed by atoms with Gasteiger partial charge in [-0.05, 0) is 72.6 Å². The lowest BCUT2D eigenvalue weighted by molar-refractivity contribution is -0.137. The second-order valence-corrected chi connectivity index (χ2v) is 9.88. The summed E-state index contributed by atoms with van der Waals surface area (Å²) >= 11 is 0.764. The van der Waals surface area contributed by atoms with E-state index in [0.29, 0.717) is 49.1 Å². The smallest absolute Gasteiger partial charge is 0.294 e. The number of benzene rings is 2. The van der Waals surface area contributed by atoms with Gasteiger partial charge in [-0.2, -0.15) is 0 Å². The van der Waals surface area contributed by atoms with Crippen LogP contribution in [0.4, 0.5) is 10.5 Å². The Hall–Kier alpha value is -3.83. The van der Waals surface area contributed by atoms with Gasteiger partial charge < -0.3 is 24.4 Å². The summed E-state index contributed by atoms with van der Waals surface area (Å²) in [6.45, 7) is 5.38. The van der Waals surface area contributed by atoms with E-state index >= 15 is 0 Å². The number of hydrogen-bond donors (Lipinski definition) is 1. The minimum absolute atomic E-state index is 0.140. The van der Waals surface area contributed by atoms with Crippen molar-refractivity contribution in [1.29, 1.82) is 0 Å². The van der Waals surface area contributed by atoms with Crippen LogP contribution in [-0.2, 0) is 19.1 Å². The molecular formula is C27H29N3O7S. The molecule has 0 spiro atoms. The molecule has 2 fully saturated rings. The molecule has 10 nitrogen and oxygen atoms in total. The monoisotopic (exact) mass is 539 g/mol. The Morgan fingerprint density at radius 3 is 2.45 bits per heavy atom. The third-order valence-corrected chi connectivity index (χ3v) is 6.79. The van der Waals surface area contributed by atoms with Gasteiger partial charge in [0.05, 0.1) is 25.2 Å². The molecule has 2 aliphatic rings. The van der Waals surface area contributed by atoms with Crippen LogP contribution in [0.3, 0.4) is 0 Å². The van der Waals surface area contributed by atoms with Crippen LogP contribution in [0, 0.1) is 13.8 Å². The second-order valence-electron chi connectivity index (χ2n) is 8.88. The predicted molar refractivity (Wildman–Crippen MR) is 143 cm³/mol. The van der Waals surface area contributed by atoms with Crippen LogP contribution in [0.25, 0.3) is 6.08 Å². The molecular weight excluding hydrogens is 510 g/mol. The molecule has 0 bridgehead atoms. The van der Waals surface area contributed by atoms with Crippen molar-refractivity contribution in [2.75, 3.05) is 51.9 Å². The number of hydrogen-bond acceptors (Lipinski definition) is 8. The van der Waals surface area contributed by atoms with E-state index in [0.717, 1.165) is 27.8 Å². The number of carbonyl (C=O) groups excluding carboxylic acids is 4. The molecule has 0 radical (unpaired) electrons. The zero-order chi connectivity index (χ0) is 27.2. The van der Waals surface area contributed by atoms with Crippen LogP contribution in [-0.4, -0.2) is 79.3 Å². The van der Waals surface area contributed by atoms with Crippen molar-refractivity contribution in [3.05, 3.63) is 58.0 Å². The zero-order valence-corrected chi connectivity index (χ0v) is 22.3. The van der Waals surface area contributed by atoms with Crippen molar-refractivity contribution in [3.8, 4) is 11.5 Å². The average Bonchev–Trinajstić information content (AvgIpc) is 3.14. The summed E-state index contributed by atoms with van der Waals surface area (Å²) < 4.78 is 16.3. The van der Waals surface area contributed by atoms with Crippen LogP contribution in [0.2, 0.25) is 0 Å². The first kappa shape index (κ1) is 27.2. The fourth-order valence-corrected chi connectivity index (χ4v) is 4.95. The number of ether oxygens (including phenoxy) is 3. The highest BCUT2D eigenvalue weighted by molar-refractivity contribution is 8.18. The summed E-state index contributed by atoms with van der Waals surface area (Å²) in [6.07, 6.45) is 1.55. The molecule has 2 aromatic carbocycles. The van der Waals surface area contributed by atoms with E-state index in [4.69, 9.17) is 14.2 Å². The van der Waals surface area contributed by atoms with E-state index in [1.807, 2.05) is 32.0 Å². The van der Waals surface area contributed by atoms with Crippen LogP contribution in [0.15, 0.2) is 41.3 Å². The first-order valence-corrected chi connectivity index (χ1v) is 12.8. The number of aryl methyl sites for hydroxylation is 2. The normalized spacial score (nSPS) is 16.7. The number of imide groups is 1. The summed E-state index contributed by atoms with van der Waals surface area (Å²) in [4.78, 5) is 53.1. The first-order chi connectivity index (χ1) is 18.2. The van der Waals surface area contributed by atoms with Gasteiger partial charge in [-0.15, -0.1) is 0 Å². The van der Waals surface area contributed by atoms with E-state index in [1.54, 1.807) is 29.2 Å². The number of nitrogens with zero attached hydrogens (tertiary/aromatic N) is 2. The van der Waals surface area contributed by atoms with Gasteiger partial charge >= 0.3 is 0 Å². The first-order valence-electron chi connectivity index (χ1n) is 12.0. The molecule has 11 heteroatoms. The van der Waals surface area contributed by atoms with E-state index in [9.17, 15) is 19.2 Å². The Bertz CT molecular complexity index is 1270. The number of morpholine rings is 1. The summed E-state index contributed by atoms with van der Waals surface area (Å²) in [7, 11) is 1.47. The number of methoxy groups -OCH3 is 1. The van der Waals surface area contributed by atoms with Gasteiger partial charge in [0.15, 0.2) is 18.1 Å². The van der Waals surface area contributed by atoms with Gasteiger partial charge in [0.25, 0.3) is 17.1 Å². The molecule has 1 N–H and O–H groups in total. The fraction of sp³-hybridized carbons (Fsp3) is 0.333. The van der Waals surface area contributed by atoms with Gasteiger partial charge in [-0.1, -0.05) is 12.1 Å². The number of carbonyl (C=O) groups is 4. The van der Waals surface area contributed by atoms with Crippen LogP contribution in [0.1, 0.15) is 16.7 Å². The fourth-order valence-electron chi connectivity index (χ4n) is 4.12. The molecule has 0 atom stereocenters. The minimum Gasteiger partial charge on any atom is -0.493 e. The lowest BCUT2D eigenvalue weighted by atomic mass is 10.1. The third kappa shape index (κ3) is 6.73. The molecule has 4 rings (SSSR count). The molecule has 0 unspecified atom stereocenters.